The number of aryl methyl sites for hydroxylation is 1. The minimum absolute atomic E-state index is 0.268. The summed E-state index contributed by atoms with van der Waals surface area (Å²) in [4.78, 5) is 2.31. The van der Waals surface area contributed by atoms with Gasteiger partial charge in [-0.1, -0.05) is 20.8 Å². The molecule has 0 heterocycles. The molecule has 0 amide bonds. The molecule has 1 rings (SSSR count). The summed E-state index contributed by atoms with van der Waals surface area (Å²) in [5.41, 5.74) is 9.34. The Morgan fingerprint density at radius 2 is 1.81 bits per heavy atom. The highest BCUT2D eigenvalue weighted by Gasteiger charge is 2.24. The van der Waals surface area contributed by atoms with Gasteiger partial charge in [0.2, 0.25) is 0 Å². The van der Waals surface area contributed by atoms with Crippen molar-refractivity contribution in [1.29, 1.82) is 0 Å². The Balaban J connectivity index is 2.97. The van der Waals surface area contributed by atoms with Gasteiger partial charge >= 0.3 is 0 Å². The second kappa shape index (κ2) is 4.36. The van der Waals surface area contributed by atoms with Crippen LogP contribution in [0.2, 0.25) is 0 Å². The molecular formula is C14H24N2. The van der Waals surface area contributed by atoms with Crippen LogP contribution in [0.1, 0.15) is 33.3 Å². The molecule has 0 spiro atoms. The molecule has 1 unspecified atom stereocenters. The van der Waals surface area contributed by atoms with Crippen LogP contribution in [0.3, 0.4) is 0 Å². The van der Waals surface area contributed by atoms with E-state index < -0.39 is 0 Å². The smallest absolute Gasteiger partial charge is 0.0370 e. The minimum atomic E-state index is 0.268. The van der Waals surface area contributed by atoms with E-state index in [1.165, 1.54) is 5.69 Å². The van der Waals surface area contributed by atoms with Gasteiger partial charge in [-0.05, 0) is 43.0 Å². The van der Waals surface area contributed by atoms with Crippen LogP contribution in [0, 0.1) is 12.3 Å². The van der Waals surface area contributed by atoms with Crippen molar-refractivity contribution >= 4 is 11.4 Å². The lowest BCUT2D eigenvalue weighted by molar-refractivity contribution is 0.330. The van der Waals surface area contributed by atoms with Crippen LogP contribution in [0.5, 0.6) is 0 Å². The van der Waals surface area contributed by atoms with E-state index in [4.69, 9.17) is 5.73 Å². The van der Waals surface area contributed by atoms with Gasteiger partial charge in [0.1, 0.15) is 0 Å². The number of hydrogen-bond acceptors (Lipinski definition) is 2. The second-order valence-corrected chi connectivity index (χ2v) is 5.69. The van der Waals surface area contributed by atoms with Crippen molar-refractivity contribution in [2.24, 2.45) is 5.41 Å². The van der Waals surface area contributed by atoms with Gasteiger partial charge < -0.3 is 10.6 Å². The maximum absolute atomic E-state index is 5.83. The Morgan fingerprint density at radius 3 is 2.25 bits per heavy atom. The van der Waals surface area contributed by atoms with E-state index in [0.29, 0.717) is 6.04 Å². The van der Waals surface area contributed by atoms with E-state index >= 15 is 0 Å². The third-order valence-electron chi connectivity index (χ3n) is 3.49. The molecule has 0 aliphatic heterocycles. The first-order valence-corrected chi connectivity index (χ1v) is 5.82. The summed E-state index contributed by atoms with van der Waals surface area (Å²) in [6.45, 7) is 11.1. The molecule has 0 saturated carbocycles. The predicted molar refractivity (Wildman–Crippen MR) is 72.9 cm³/mol. The lowest BCUT2D eigenvalue weighted by atomic mass is 9.87. The maximum Gasteiger partial charge on any atom is 0.0370 e. The van der Waals surface area contributed by atoms with Gasteiger partial charge in [0, 0.05) is 24.5 Å². The van der Waals surface area contributed by atoms with E-state index in [-0.39, 0.29) is 5.41 Å². The van der Waals surface area contributed by atoms with Crippen LogP contribution in [0.4, 0.5) is 11.4 Å². The molecule has 2 heteroatoms. The van der Waals surface area contributed by atoms with Crippen molar-refractivity contribution < 1.29 is 0 Å². The molecule has 0 aromatic heterocycles. The number of benzene rings is 1. The molecule has 0 bridgehead atoms. The number of rotatable bonds is 2. The molecule has 1 aromatic carbocycles. The SMILES string of the molecule is Cc1cc(N(C)C(C)C(C)(C)C)ccc1N. The fourth-order valence-corrected chi connectivity index (χ4v) is 1.68. The first-order valence-electron chi connectivity index (χ1n) is 5.82. The van der Waals surface area contributed by atoms with Crippen molar-refractivity contribution in [2.45, 2.75) is 40.7 Å². The van der Waals surface area contributed by atoms with Gasteiger partial charge in [0.15, 0.2) is 0 Å². The zero-order valence-electron chi connectivity index (χ0n) is 11.3. The summed E-state index contributed by atoms with van der Waals surface area (Å²) in [7, 11) is 2.14. The fourth-order valence-electron chi connectivity index (χ4n) is 1.68. The summed E-state index contributed by atoms with van der Waals surface area (Å²) in [6, 6.07) is 6.70. The van der Waals surface area contributed by atoms with E-state index in [1.807, 2.05) is 6.07 Å². The lowest BCUT2D eigenvalue weighted by Gasteiger charge is -2.37. The molecule has 0 saturated heterocycles. The molecule has 2 nitrogen and oxygen atoms in total. The molecular weight excluding hydrogens is 196 g/mol. The van der Waals surface area contributed by atoms with E-state index in [1.54, 1.807) is 0 Å². The van der Waals surface area contributed by atoms with Crippen molar-refractivity contribution in [3.8, 4) is 0 Å². The fraction of sp³-hybridized carbons (Fsp3) is 0.571. The van der Waals surface area contributed by atoms with Crippen LogP contribution < -0.4 is 10.6 Å². The van der Waals surface area contributed by atoms with Gasteiger partial charge in [-0.15, -0.1) is 0 Å². The quantitative estimate of drug-likeness (QED) is 0.773. The Morgan fingerprint density at radius 1 is 1.25 bits per heavy atom. The highest BCUT2D eigenvalue weighted by molar-refractivity contribution is 5.58. The Hall–Kier alpha value is -1.18. The first kappa shape index (κ1) is 12.9. The van der Waals surface area contributed by atoms with Crippen molar-refractivity contribution in [1.82, 2.24) is 0 Å². The number of nitrogens with zero attached hydrogens (tertiary/aromatic N) is 1. The molecule has 0 fully saturated rings. The summed E-state index contributed by atoms with van der Waals surface area (Å²) in [6.07, 6.45) is 0. The van der Waals surface area contributed by atoms with Gasteiger partial charge in [0.05, 0.1) is 0 Å². The average molecular weight is 220 g/mol. The second-order valence-electron chi connectivity index (χ2n) is 5.69. The molecule has 1 aromatic rings. The van der Waals surface area contributed by atoms with Gasteiger partial charge in [0.25, 0.3) is 0 Å². The summed E-state index contributed by atoms with van der Waals surface area (Å²) in [5, 5.41) is 0. The van der Waals surface area contributed by atoms with E-state index in [2.05, 4.69) is 58.7 Å². The monoisotopic (exact) mass is 220 g/mol. The zero-order chi connectivity index (χ0) is 12.5. The average Bonchev–Trinajstić information content (AvgIpc) is 2.18. The molecule has 1 atom stereocenters. The topological polar surface area (TPSA) is 29.3 Å². The first-order chi connectivity index (χ1) is 7.23. The molecule has 0 aliphatic carbocycles. The third kappa shape index (κ3) is 2.69. The Labute approximate surface area is 99.5 Å². The van der Waals surface area contributed by atoms with Crippen LogP contribution in [-0.2, 0) is 0 Å². The van der Waals surface area contributed by atoms with Crippen molar-refractivity contribution in [3.63, 3.8) is 0 Å². The van der Waals surface area contributed by atoms with Gasteiger partial charge in [-0.2, -0.15) is 0 Å². The highest BCUT2D eigenvalue weighted by atomic mass is 15.1. The van der Waals surface area contributed by atoms with Gasteiger partial charge in [-0.3, -0.25) is 0 Å². The minimum Gasteiger partial charge on any atom is -0.399 e. The highest BCUT2D eigenvalue weighted by Crippen LogP contribution is 2.28. The Bertz CT molecular complexity index is 363. The van der Waals surface area contributed by atoms with Crippen LogP contribution in [0.25, 0.3) is 0 Å². The molecule has 90 valence electrons. The van der Waals surface area contributed by atoms with Crippen molar-refractivity contribution in [3.05, 3.63) is 23.8 Å². The molecule has 16 heavy (non-hydrogen) atoms. The predicted octanol–water partition coefficient (Wildman–Crippen LogP) is 3.45. The number of hydrogen-bond donors (Lipinski definition) is 1. The Kier molecular flexibility index (Phi) is 3.51. The van der Waals surface area contributed by atoms with Crippen molar-refractivity contribution in [2.75, 3.05) is 17.7 Å². The molecule has 0 radical (unpaired) electrons. The molecule has 2 N–H and O–H groups in total. The maximum atomic E-state index is 5.83. The van der Waals surface area contributed by atoms with E-state index in [0.717, 1.165) is 11.3 Å². The zero-order valence-corrected chi connectivity index (χ0v) is 11.3. The number of anilines is 2. The normalized spacial score (nSPS) is 13.6. The third-order valence-corrected chi connectivity index (χ3v) is 3.49. The van der Waals surface area contributed by atoms with Crippen LogP contribution in [0.15, 0.2) is 18.2 Å². The van der Waals surface area contributed by atoms with Crippen LogP contribution >= 0.6 is 0 Å². The summed E-state index contributed by atoms with van der Waals surface area (Å²) < 4.78 is 0. The standard InChI is InChI=1S/C14H24N2/c1-10-9-12(7-8-13(10)15)16(6)11(2)14(3,4)5/h7-9,11H,15H2,1-6H3. The summed E-state index contributed by atoms with van der Waals surface area (Å²) in [5.74, 6) is 0. The molecule has 0 aliphatic rings. The van der Waals surface area contributed by atoms with Gasteiger partial charge in [-0.25, -0.2) is 0 Å². The summed E-state index contributed by atoms with van der Waals surface area (Å²) >= 11 is 0. The van der Waals surface area contributed by atoms with Crippen LogP contribution in [-0.4, -0.2) is 13.1 Å². The largest absolute Gasteiger partial charge is 0.399 e. The van der Waals surface area contributed by atoms with E-state index in [9.17, 15) is 0 Å². The lowest BCUT2D eigenvalue weighted by Crippen LogP contribution is -2.39. The number of nitrogens with two attached hydrogens (primary N) is 1. The number of nitrogen functional groups attached to an aromatic ring is 1.